The van der Waals surface area contributed by atoms with Gasteiger partial charge in [0.25, 0.3) is 0 Å². The zero-order valence-electron chi connectivity index (χ0n) is 27.0. The summed E-state index contributed by atoms with van der Waals surface area (Å²) in [6, 6.07) is 59.4. The van der Waals surface area contributed by atoms with Crippen molar-refractivity contribution in [2.24, 2.45) is 0 Å². The molecule has 4 aromatic heterocycles. The number of hydrogen-bond donors (Lipinski definition) is 0. The molecule has 0 radical (unpaired) electrons. The summed E-state index contributed by atoms with van der Waals surface area (Å²) in [4.78, 5) is 15.0. The monoisotopic (exact) mass is 639 g/mol. The summed E-state index contributed by atoms with van der Waals surface area (Å²) in [6.07, 6.45) is 1.87. The van der Waals surface area contributed by atoms with Crippen molar-refractivity contribution in [2.75, 3.05) is 0 Å². The van der Waals surface area contributed by atoms with Crippen molar-refractivity contribution in [3.63, 3.8) is 0 Å². The minimum Gasteiger partial charge on any atom is -0.308 e. The summed E-state index contributed by atoms with van der Waals surface area (Å²) < 4.78 is 4.59. The van der Waals surface area contributed by atoms with Crippen LogP contribution in [0.2, 0.25) is 0 Å². The summed E-state index contributed by atoms with van der Waals surface area (Å²) in [5.74, 6) is 1.53. The van der Waals surface area contributed by atoms with Gasteiger partial charge in [-0.3, -0.25) is 9.55 Å². The number of fused-ring (bicyclic) bond motifs is 6. The van der Waals surface area contributed by atoms with Gasteiger partial charge in [0.05, 0.1) is 33.3 Å². The van der Waals surface area contributed by atoms with Crippen molar-refractivity contribution in [1.82, 2.24) is 24.1 Å². The molecule has 6 aromatic carbocycles. The lowest BCUT2D eigenvalue weighted by Gasteiger charge is -2.12. The van der Waals surface area contributed by atoms with Crippen LogP contribution in [0.15, 0.2) is 176 Å². The van der Waals surface area contributed by atoms with Crippen LogP contribution in [-0.2, 0) is 0 Å². The summed E-state index contributed by atoms with van der Waals surface area (Å²) >= 11 is 0. The van der Waals surface area contributed by atoms with E-state index < -0.39 is 0 Å². The zero-order valence-corrected chi connectivity index (χ0v) is 27.0. The quantitative estimate of drug-likeness (QED) is 0.188. The molecule has 0 saturated carbocycles. The summed E-state index contributed by atoms with van der Waals surface area (Å²) in [5, 5.41) is 3.48. The normalized spacial score (nSPS) is 11.6. The molecule has 0 amide bonds. The second kappa shape index (κ2) is 11.4. The summed E-state index contributed by atoms with van der Waals surface area (Å²) in [6.45, 7) is 0. The predicted octanol–water partition coefficient (Wildman–Crippen LogP) is 11.1. The van der Waals surface area contributed by atoms with Crippen molar-refractivity contribution >= 4 is 43.7 Å². The van der Waals surface area contributed by atoms with Gasteiger partial charge in [0, 0.05) is 45.2 Å². The van der Waals surface area contributed by atoms with E-state index in [0.29, 0.717) is 5.82 Å². The van der Waals surface area contributed by atoms with Gasteiger partial charge in [0.15, 0.2) is 5.82 Å². The smallest absolute Gasteiger partial charge is 0.162 e. The predicted molar refractivity (Wildman–Crippen MR) is 205 cm³/mol. The van der Waals surface area contributed by atoms with Crippen LogP contribution in [0.1, 0.15) is 0 Å². The molecule has 4 heterocycles. The number of benzene rings is 6. The molecule has 0 aliphatic heterocycles. The van der Waals surface area contributed by atoms with E-state index in [1.165, 1.54) is 10.8 Å². The largest absolute Gasteiger partial charge is 0.308 e. The van der Waals surface area contributed by atoms with E-state index in [4.69, 9.17) is 15.0 Å². The van der Waals surface area contributed by atoms with Gasteiger partial charge in [0.1, 0.15) is 5.82 Å². The highest BCUT2D eigenvalue weighted by atomic mass is 15.1. The van der Waals surface area contributed by atoms with Crippen LogP contribution in [0.4, 0.5) is 0 Å². The maximum Gasteiger partial charge on any atom is 0.162 e. The maximum absolute atomic E-state index is 5.19. The van der Waals surface area contributed by atoms with Crippen LogP contribution in [0.3, 0.4) is 0 Å². The van der Waals surface area contributed by atoms with Crippen molar-refractivity contribution < 1.29 is 0 Å². The fraction of sp³-hybridized carbons (Fsp3) is 0. The Labute approximate surface area is 288 Å². The average molecular weight is 640 g/mol. The first-order valence-corrected chi connectivity index (χ1v) is 16.8. The third kappa shape index (κ3) is 4.52. The standard InChI is InChI=1S/C45H29N5/c1-4-13-30(14-5-1)38-29-43(48-45(47-38)31-15-6-2-7-16-31)50-39-20-11-10-19-35(39)37-27-32(23-25-40(37)50)33-22-24-36-42(28-33)49(34-17-8-3-9-18-34)41-21-12-26-46-44(36)41/h1-29H. The lowest BCUT2D eigenvalue weighted by Crippen LogP contribution is -2.02. The van der Waals surface area contributed by atoms with Gasteiger partial charge in [-0.1, -0.05) is 109 Å². The first kappa shape index (κ1) is 28.2. The van der Waals surface area contributed by atoms with Gasteiger partial charge in [-0.25, -0.2) is 9.97 Å². The fourth-order valence-electron chi connectivity index (χ4n) is 7.29. The van der Waals surface area contributed by atoms with Crippen molar-refractivity contribution in [3.8, 4) is 45.3 Å². The molecule has 0 atom stereocenters. The van der Waals surface area contributed by atoms with Crippen molar-refractivity contribution in [1.29, 1.82) is 0 Å². The van der Waals surface area contributed by atoms with Gasteiger partial charge in [-0.05, 0) is 65.7 Å². The Balaban J connectivity index is 1.18. The molecule has 50 heavy (non-hydrogen) atoms. The second-order valence-electron chi connectivity index (χ2n) is 12.5. The van der Waals surface area contributed by atoms with Crippen LogP contribution < -0.4 is 0 Å². The molecule has 0 N–H and O–H groups in total. The van der Waals surface area contributed by atoms with Gasteiger partial charge in [-0.2, -0.15) is 0 Å². The second-order valence-corrected chi connectivity index (χ2v) is 12.5. The van der Waals surface area contributed by atoms with Crippen LogP contribution in [0.25, 0.3) is 89.0 Å². The van der Waals surface area contributed by atoms with E-state index in [-0.39, 0.29) is 0 Å². The van der Waals surface area contributed by atoms with Crippen LogP contribution in [-0.4, -0.2) is 24.1 Å². The van der Waals surface area contributed by atoms with Crippen LogP contribution >= 0.6 is 0 Å². The van der Waals surface area contributed by atoms with Crippen molar-refractivity contribution in [2.45, 2.75) is 0 Å². The minimum absolute atomic E-state index is 0.695. The highest BCUT2D eigenvalue weighted by Crippen LogP contribution is 2.38. The molecule has 0 saturated heterocycles. The van der Waals surface area contributed by atoms with Gasteiger partial charge in [0.2, 0.25) is 0 Å². The molecule has 0 bridgehead atoms. The topological polar surface area (TPSA) is 48.5 Å². The number of para-hydroxylation sites is 2. The van der Waals surface area contributed by atoms with E-state index in [0.717, 1.165) is 72.4 Å². The van der Waals surface area contributed by atoms with Gasteiger partial charge in [-0.15, -0.1) is 0 Å². The molecular formula is C45H29N5. The third-order valence-corrected chi connectivity index (χ3v) is 9.58. The zero-order chi connectivity index (χ0) is 33.0. The maximum atomic E-state index is 5.19. The summed E-state index contributed by atoms with van der Waals surface area (Å²) in [5.41, 5.74) is 11.8. The highest BCUT2D eigenvalue weighted by Gasteiger charge is 2.18. The van der Waals surface area contributed by atoms with E-state index in [2.05, 4.69) is 149 Å². The molecular weight excluding hydrogens is 611 g/mol. The number of nitrogens with zero attached hydrogens (tertiary/aromatic N) is 5. The Bertz CT molecular complexity index is 2800. The fourth-order valence-corrected chi connectivity index (χ4v) is 7.29. The number of aromatic nitrogens is 5. The number of pyridine rings is 1. The Kier molecular flexibility index (Phi) is 6.42. The van der Waals surface area contributed by atoms with Gasteiger partial charge >= 0.3 is 0 Å². The Hall–Kier alpha value is -6.85. The molecule has 10 aromatic rings. The first-order valence-electron chi connectivity index (χ1n) is 16.8. The van der Waals surface area contributed by atoms with Gasteiger partial charge < -0.3 is 4.57 Å². The molecule has 0 spiro atoms. The SMILES string of the molecule is c1ccc(-c2cc(-n3c4ccccc4c4cc(-c5ccc6c7ncccc7n(-c7ccccc7)c6c5)ccc43)nc(-c3ccccc3)n2)cc1. The molecule has 0 fully saturated rings. The van der Waals surface area contributed by atoms with Crippen LogP contribution in [0.5, 0.6) is 0 Å². The number of hydrogen-bond acceptors (Lipinski definition) is 3. The Morgan fingerprint density at radius 1 is 0.380 bits per heavy atom. The third-order valence-electron chi connectivity index (χ3n) is 9.58. The lowest BCUT2D eigenvalue weighted by molar-refractivity contribution is 1.05. The molecule has 0 aliphatic rings. The van der Waals surface area contributed by atoms with E-state index in [9.17, 15) is 0 Å². The molecule has 5 heteroatoms. The molecule has 0 aliphatic carbocycles. The number of rotatable bonds is 5. The molecule has 0 unspecified atom stereocenters. The molecule has 10 rings (SSSR count). The average Bonchev–Trinajstić information content (AvgIpc) is 3.71. The highest BCUT2D eigenvalue weighted by molar-refractivity contribution is 6.11. The van der Waals surface area contributed by atoms with Crippen LogP contribution in [0, 0.1) is 0 Å². The molecule has 5 nitrogen and oxygen atoms in total. The van der Waals surface area contributed by atoms with Crippen molar-refractivity contribution in [3.05, 3.63) is 176 Å². The van der Waals surface area contributed by atoms with E-state index in [1.54, 1.807) is 0 Å². The Morgan fingerprint density at radius 3 is 1.86 bits per heavy atom. The van der Waals surface area contributed by atoms with E-state index >= 15 is 0 Å². The molecule has 234 valence electrons. The van der Waals surface area contributed by atoms with E-state index in [1.807, 2.05) is 36.5 Å². The first-order chi connectivity index (χ1) is 24.8. The lowest BCUT2D eigenvalue weighted by atomic mass is 10.0. The minimum atomic E-state index is 0.695. The Morgan fingerprint density at radius 2 is 1.04 bits per heavy atom. The summed E-state index contributed by atoms with van der Waals surface area (Å²) in [7, 11) is 0.